The normalized spacial score (nSPS) is 14.8. The summed E-state index contributed by atoms with van der Waals surface area (Å²) < 4.78 is 0.995. The van der Waals surface area contributed by atoms with E-state index in [0.29, 0.717) is 39.1 Å². The fourth-order valence-corrected chi connectivity index (χ4v) is 3.78. The third-order valence-corrected chi connectivity index (χ3v) is 5.52. The zero-order chi connectivity index (χ0) is 20.1. The Kier molecular flexibility index (Phi) is 6.86. The van der Waals surface area contributed by atoms with Crippen molar-refractivity contribution in [1.82, 2.24) is 9.80 Å². The molecular weight excluding hydrogens is 418 g/mol. The molecular formula is C22H26BrN3O2. The zero-order valence-corrected chi connectivity index (χ0v) is 18.0. The lowest BCUT2D eigenvalue weighted by molar-refractivity contribution is -0.132. The largest absolute Gasteiger partial charge is 0.340 e. The highest BCUT2D eigenvalue weighted by molar-refractivity contribution is 9.10. The van der Waals surface area contributed by atoms with E-state index >= 15 is 0 Å². The predicted molar refractivity (Wildman–Crippen MR) is 115 cm³/mol. The van der Waals surface area contributed by atoms with Crippen LogP contribution < -0.4 is 5.32 Å². The van der Waals surface area contributed by atoms with Gasteiger partial charge in [-0.15, -0.1) is 0 Å². The second-order valence-corrected chi connectivity index (χ2v) is 8.24. The minimum atomic E-state index is -0.0233. The molecule has 0 radical (unpaired) electrons. The van der Waals surface area contributed by atoms with Crippen LogP contribution in [0.15, 0.2) is 46.9 Å². The Bertz CT molecular complexity index is 843. The van der Waals surface area contributed by atoms with E-state index in [0.717, 1.165) is 21.3 Å². The van der Waals surface area contributed by atoms with E-state index in [1.807, 2.05) is 61.2 Å². The van der Waals surface area contributed by atoms with E-state index in [1.165, 1.54) is 5.56 Å². The molecule has 1 aliphatic heterocycles. The molecule has 1 heterocycles. The summed E-state index contributed by atoms with van der Waals surface area (Å²) in [7, 11) is 0. The Labute approximate surface area is 174 Å². The van der Waals surface area contributed by atoms with Gasteiger partial charge in [0.2, 0.25) is 11.8 Å². The molecule has 0 atom stereocenters. The van der Waals surface area contributed by atoms with Gasteiger partial charge in [0.1, 0.15) is 0 Å². The van der Waals surface area contributed by atoms with E-state index in [-0.39, 0.29) is 11.8 Å². The number of halogens is 1. The topological polar surface area (TPSA) is 52.7 Å². The number of hydrogen-bond donors (Lipinski definition) is 1. The lowest BCUT2D eigenvalue weighted by Crippen LogP contribution is -2.50. The van der Waals surface area contributed by atoms with Crippen molar-refractivity contribution >= 4 is 33.4 Å². The van der Waals surface area contributed by atoms with Gasteiger partial charge in [-0.3, -0.25) is 14.5 Å². The first-order chi connectivity index (χ1) is 13.4. The van der Waals surface area contributed by atoms with E-state index in [4.69, 9.17) is 0 Å². The van der Waals surface area contributed by atoms with Crippen molar-refractivity contribution in [2.24, 2.45) is 0 Å². The molecule has 148 valence electrons. The monoisotopic (exact) mass is 443 g/mol. The Morgan fingerprint density at radius 3 is 2.32 bits per heavy atom. The number of piperazine rings is 1. The number of nitrogens with zero attached hydrogens (tertiary/aromatic N) is 2. The summed E-state index contributed by atoms with van der Waals surface area (Å²) in [6.07, 6.45) is 0.434. The molecule has 0 spiro atoms. The van der Waals surface area contributed by atoms with Crippen molar-refractivity contribution < 1.29 is 9.59 Å². The molecule has 0 bridgehead atoms. The number of hydrogen-bond acceptors (Lipinski definition) is 3. The van der Waals surface area contributed by atoms with Crippen LogP contribution in [0.2, 0.25) is 0 Å². The average Bonchev–Trinajstić information content (AvgIpc) is 2.66. The number of aryl methyl sites for hydroxylation is 2. The quantitative estimate of drug-likeness (QED) is 0.770. The minimum absolute atomic E-state index is 0.0233. The van der Waals surface area contributed by atoms with E-state index in [1.54, 1.807) is 0 Å². The van der Waals surface area contributed by atoms with Crippen LogP contribution in [0.3, 0.4) is 0 Å². The van der Waals surface area contributed by atoms with Crippen molar-refractivity contribution in [3.63, 3.8) is 0 Å². The van der Waals surface area contributed by atoms with Gasteiger partial charge in [0.15, 0.2) is 0 Å². The van der Waals surface area contributed by atoms with Gasteiger partial charge in [0, 0.05) is 36.3 Å². The van der Waals surface area contributed by atoms with Gasteiger partial charge in [-0.25, -0.2) is 0 Å². The molecule has 2 amide bonds. The molecule has 0 unspecified atom stereocenters. The molecule has 1 saturated heterocycles. The van der Waals surface area contributed by atoms with Crippen LogP contribution in [0.5, 0.6) is 0 Å². The summed E-state index contributed by atoms with van der Waals surface area (Å²) in [6, 6.07) is 13.9. The van der Waals surface area contributed by atoms with Crippen LogP contribution in [-0.2, 0) is 16.0 Å². The average molecular weight is 444 g/mol. The second-order valence-electron chi connectivity index (χ2n) is 7.33. The lowest BCUT2D eigenvalue weighted by Gasteiger charge is -2.34. The molecule has 3 rings (SSSR count). The number of carbonyl (C=O) groups is 2. The van der Waals surface area contributed by atoms with Gasteiger partial charge in [-0.2, -0.15) is 0 Å². The molecule has 28 heavy (non-hydrogen) atoms. The third kappa shape index (κ3) is 5.66. The van der Waals surface area contributed by atoms with Gasteiger partial charge in [-0.05, 0) is 43.2 Å². The van der Waals surface area contributed by atoms with Crippen molar-refractivity contribution in [3.05, 3.63) is 63.6 Å². The van der Waals surface area contributed by atoms with Crippen LogP contribution in [-0.4, -0.2) is 54.3 Å². The first-order valence-electron chi connectivity index (χ1n) is 9.52. The molecule has 6 heteroatoms. The van der Waals surface area contributed by atoms with Crippen LogP contribution in [0, 0.1) is 13.8 Å². The SMILES string of the molecule is Cc1ccc(CC(=O)N2CCN(CC(=O)Nc3ccc(Br)cc3C)CC2)cc1. The molecule has 0 aliphatic carbocycles. The number of amides is 2. The summed E-state index contributed by atoms with van der Waals surface area (Å²) in [4.78, 5) is 28.9. The maximum absolute atomic E-state index is 12.5. The molecule has 1 N–H and O–H groups in total. The summed E-state index contributed by atoms with van der Waals surface area (Å²) in [5.41, 5.74) is 4.10. The molecule has 1 fully saturated rings. The van der Waals surface area contributed by atoms with Gasteiger partial charge in [-0.1, -0.05) is 45.8 Å². The van der Waals surface area contributed by atoms with Crippen molar-refractivity contribution in [2.75, 3.05) is 38.0 Å². The van der Waals surface area contributed by atoms with Gasteiger partial charge in [0.25, 0.3) is 0 Å². The number of carbonyl (C=O) groups excluding carboxylic acids is 2. The maximum atomic E-state index is 12.5. The van der Waals surface area contributed by atoms with Crippen LogP contribution >= 0.6 is 15.9 Å². The zero-order valence-electron chi connectivity index (χ0n) is 16.4. The molecule has 0 saturated carbocycles. The lowest BCUT2D eigenvalue weighted by atomic mass is 10.1. The summed E-state index contributed by atoms with van der Waals surface area (Å²) in [5.74, 6) is 0.128. The number of benzene rings is 2. The number of nitrogens with one attached hydrogen (secondary N) is 1. The van der Waals surface area contributed by atoms with Gasteiger partial charge >= 0.3 is 0 Å². The van der Waals surface area contributed by atoms with Gasteiger partial charge < -0.3 is 10.2 Å². The Hall–Kier alpha value is -2.18. The first kappa shape index (κ1) is 20.6. The fourth-order valence-electron chi connectivity index (χ4n) is 3.31. The van der Waals surface area contributed by atoms with Crippen molar-refractivity contribution in [1.29, 1.82) is 0 Å². The van der Waals surface area contributed by atoms with E-state index in [2.05, 4.69) is 26.1 Å². The van der Waals surface area contributed by atoms with Crippen molar-refractivity contribution in [2.45, 2.75) is 20.3 Å². The van der Waals surface area contributed by atoms with E-state index < -0.39 is 0 Å². The van der Waals surface area contributed by atoms with Crippen LogP contribution in [0.1, 0.15) is 16.7 Å². The highest BCUT2D eigenvalue weighted by Gasteiger charge is 2.22. The molecule has 0 aromatic heterocycles. The maximum Gasteiger partial charge on any atom is 0.238 e. The third-order valence-electron chi connectivity index (χ3n) is 5.03. The van der Waals surface area contributed by atoms with Crippen molar-refractivity contribution in [3.8, 4) is 0 Å². The second kappa shape index (κ2) is 9.34. The predicted octanol–water partition coefficient (Wildman–Crippen LogP) is 3.39. The first-order valence-corrected chi connectivity index (χ1v) is 10.3. The standard InChI is InChI=1S/C22H26BrN3O2/c1-16-3-5-18(6-4-16)14-22(28)26-11-9-25(10-12-26)15-21(27)24-20-8-7-19(23)13-17(20)2/h3-8,13H,9-12,14-15H2,1-2H3,(H,24,27). The number of anilines is 1. The highest BCUT2D eigenvalue weighted by atomic mass is 79.9. The molecule has 2 aromatic carbocycles. The summed E-state index contributed by atoms with van der Waals surface area (Å²) in [5, 5.41) is 2.97. The Morgan fingerprint density at radius 1 is 1.00 bits per heavy atom. The Morgan fingerprint density at radius 2 is 1.68 bits per heavy atom. The van der Waals surface area contributed by atoms with Crippen LogP contribution in [0.25, 0.3) is 0 Å². The number of rotatable bonds is 5. The highest BCUT2D eigenvalue weighted by Crippen LogP contribution is 2.20. The molecule has 2 aromatic rings. The summed E-state index contributed by atoms with van der Waals surface area (Å²) >= 11 is 3.43. The summed E-state index contributed by atoms with van der Waals surface area (Å²) in [6.45, 7) is 7.11. The van der Waals surface area contributed by atoms with Gasteiger partial charge in [0.05, 0.1) is 13.0 Å². The van der Waals surface area contributed by atoms with Crippen LogP contribution in [0.4, 0.5) is 5.69 Å². The molecule has 1 aliphatic rings. The van der Waals surface area contributed by atoms with E-state index in [9.17, 15) is 9.59 Å². The Balaban J connectivity index is 1.45. The molecule has 5 nitrogen and oxygen atoms in total. The minimum Gasteiger partial charge on any atom is -0.340 e. The fraction of sp³-hybridized carbons (Fsp3) is 0.364. The smallest absolute Gasteiger partial charge is 0.238 e.